The molecule has 0 saturated heterocycles. The van der Waals surface area contributed by atoms with Crippen LogP contribution in [0.25, 0.3) is 0 Å². The molecule has 0 fully saturated rings. The van der Waals surface area contributed by atoms with Gasteiger partial charge in [0.15, 0.2) is 6.29 Å². The van der Waals surface area contributed by atoms with Crippen LogP contribution >= 0.6 is 0 Å². The van der Waals surface area contributed by atoms with Crippen LogP contribution in [0, 0.1) is 0 Å². The summed E-state index contributed by atoms with van der Waals surface area (Å²) in [7, 11) is 0. The molecular formula is C6H12O6Pt. The molecule has 0 aromatic heterocycles. The second-order valence-electron chi connectivity index (χ2n) is 2.36. The molecule has 4 unspecified atom stereocenters. The van der Waals surface area contributed by atoms with Gasteiger partial charge in [0.05, 0.1) is 6.61 Å². The van der Waals surface area contributed by atoms with Crippen molar-refractivity contribution < 1.29 is 51.4 Å². The fraction of sp³-hybridized carbons (Fsp3) is 0.833. The first-order valence-electron chi connectivity index (χ1n) is 3.33. The molecule has 0 aromatic rings. The number of carbonyl (C=O) groups is 1. The van der Waals surface area contributed by atoms with Crippen molar-refractivity contribution in [2.75, 3.05) is 6.61 Å². The van der Waals surface area contributed by atoms with Crippen LogP contribution in [-0.2, 0) is 25.9 Å². The number of aliphatic hydroxyl groups excluding tert-OH is 5. The van der Waals surface area contributed by atoms with Gasteiger partial charge in [-0.3, -0.25) is 0 Å². The van der Waals surface area contributed by atoms with Gasteiger partial charge in [-0.15, -0.1) is 0 Å². The summed E-state index contributed by atoms with van der Waals surface area (Å²) in [5, 5.41) is 43.5. The topological polar surface area (TPSA) is 118 Å². The quantitative estimate of drug-likeness (QED) is 0.320. The van der Waals surface area contributed by atoms with E-state index in [1.807, 2.05) is 0 Å². The van der Waals surface area contributed by atoms with Gasteiger partial charge in [0.25, 0.3) is 0 Å². The van der Waals surface area contributed by atoms with Crippen molar-refractivity contribution in [2.24, 2.45) is 0 Å². The number of aldehydes is 1. The Hall–Kier alpha value is 0.158. The first-order valence-corrected chi connectivity index (χ1v) is 3.33. The normalized spacial score (nSPS) is 19.5. The summed E-state index contributed by atoms with van der Waals surface area (Å²) >= 11 is 0. The summed E-state index contributed by atoms with van der Waals surface area (Å²) in [5.41, 5.74) is 0. The molecule has 13 heavy (non-hydrogen) atoms. The van der Waals surface area contributed by atoms with E-state index < -0.39 is 31.0 Å². The second kappa shape index (κ2) is 7.55. The molecule has 0 saturated carbocycles. The van der Waals surface area contributed by atoms with Gasteiger partial charge in [-0.25, -0.2) is 0 Å². The first kappa shape index (κ1) is 15.6. The van der Waals surface area contributed by atoms with Gasteiger partial charge in [0.2, 0.25) is 0 Å². The van der Waals surface area contributed by atoms with E-state index in [2.05, 4.69) is 0 Å². The number of aliphatic hydroxyl groups is 5. The Bertz CT molecular complexity index is 143. The molecule has 0 aliphatic heterocycles. The minimum atomic E-state index is -1.79. The predicted octanol–water partition coefficient (Wildman–Crippen LogP) is -3.38. The Kier molecular flexibility index (Phi) is 9.08. The third-order valence-electron chi connectivity index (χ3n) is 1.42. The van der Waals surface area contributed by atoms with E-state index in [-0.39, 0.29) is 27.4 Å². The predicted molar refractivity (Wildman–Crippen MR) is 37.2 cm³/mol. The monoisotopic (exact) mass is 375 g/mol. The molecule has 4 atom stereocenters. The van der Waals surface area contributed by atoms with Crippen molar-refractivity contribution in [1.82, 2.24) is 0 Å². The summed E-state index contributed by atoms with van der Waals surface area (Å²) in [6, 6.07) is 0. The zero-order chi connectivity index (χ0) is 9.72. The molecule has 0 amide bonds. The van der Waals surface area contributed by atoms with E-state index in [1.54, 1.807) is 0 Å². The zero-order valence-electron chi connectivity index (χ0n) is 6.55. The van der Waals surface area contributed by atoms with Crippen LogP contribution in [0.2, 0.25) is 0 Å². The van der Waals surface area contributed by atoms with Gasteiger partial charge < -0.3 is 30.3 Å². The van der Waals surface area contributed by atoms with Crippen LogP contribution < -0.4 is 0 Å². The molecule has 0 radical (unpaired) electrons. The third kappa shape index (κ3) is 4.81. The third-order valence-corrected chi connectivity index (χ3v) is 1.42. The van der Waals surface area contributed by atoms with Crippen LogP contribution in [0.3, 0.4) is 0 Å². The summed E-state index contributed by atoms with van der Waals surface area (Å²) in [6.45, 7) is -0.760. The van der Waals surface area contributed by atoms with Gasteiger partial charge in [-0.1, -0.05) is 0 Å². The minimum absolute atomic E-state index is 0. The maximum Gasteiger partial charge on any atom is 0.151 e. The molecule has 0 spiro atoms. The van der Waals surface area contributed by atoms with Crippen LogP contribution in [-0.4, -0.2) is 62.8 Å². The van der Waals surface area contributed by atoms with E-state index in [0.29, 0.717) is 0 Å². The molecule has 0 bridgehead atoms. The fourth-order valence-electron chi connectivity index (χ4n) is 0.618. The Morgan fingerprint density at radius 1 is 1.08 bits per heavy atom. The van der Waals surface area contributed by atoms with Crippen molar-refractivity contribution in [2.45, 2.75) is 24.4 Å². The van der Waals surface area contributed by atoms with Crippen LogP contribution in [0.15, 0.2) is 0 Å². The Morgan fingerprint density at radius 3 is 1.85 bits per heavy atom. The largest absolute Gasteiger partial charge is 0.394 e. The average molecular weight is 375 g/mol. The summed E-state index contributed by atoms with van der Waals surface area (Å²) < 4.78 is 0. The molecule has 0 aliphatic rings. The van der Waals surface area contributed by atoms with Gasteiger partial charge in [-0.05, 0) is 0 Å². The van der Waals surface area contributed by atoms with Crippen molar-refractivity contribution in [3.8, 4) is 0 Å². The van der Waals surface area contributed by atoms with Crippen LogP contribution in [0.5, 0.6) is 0 Å². The molecule has 6 nitrogen and oxygen atoms in total. The van der Waals surface area contributed by atoms with E-state index in [0.717, 1.165) is 0 Å². The first-order chi connectivity index (χ1) is 5.54. The smallest absolute Gasteiger partial charge is 0.151 e. The average Bonchev–Trinajstić information content (AvgIpc) is 2.12. The standard InChI is InChI=1S/C6H12O6.Pt/c7-1-3(9)5(11)6(12)4(10)2-8;/h1,3-6,8-12H,2H2;. The van der Waals surface area contributed by atoms with E-state index in [4.69, 9.17) is 25.5 Å². The Labute approximate surface area is 89.1 Å². The maximum absolute atomic E-state index is 9.90. The van der Waals surface area contributed by atoms with E-state index in [1.165, 1.54) is 0 Å². The Morgan fingerprint density at radius 2 is 1.54 bits per heavy atom. The molecule has 0 rings (SSSR count). The summed E-state index contributed by atoms with van der Waals surface area (Å²) in [4.78, 5) is 9.90. The molecule has 0 aromatic carbocycles. The summed E-state index contributed by atoms with van der Waals surface area (Å²) in [6.07, 6.45) is -6.84. The zero-order valence-corrected chi connectivity index (χ0v) is 8.83. The van der Waals surface area contributed by atoms with Crippen molar-refractivity contribution in [1.29, 1.82) is 0 Å². The Balaban J connectivity index is 0. The SMILES string of the molecule is O=CC(O)C(O)C(O)C(O)CO.[Pt]. The maximum atomic E-state index is 9.90. The second-order valence-corrected chi connectivity index (χ2v) is 2.36. The van der Waals surface area contributed by atoms with Crippen molar-refractivity contribution >= 4 is 6.29 Å². The van der Waals surface area contributed by atoms with Gasteiger partial charge in [0.1, 0.15) is 24.4 Å². The molecule has 0 aliphatic carbocycles. The molecule has 7 heteroatoms. The minimum Gasteiger partial charge on any atom is -0.394 e. The molecule has 5 N–H and O–H groups in total. The van der Waals surface area contributed by atoms with E-state index >= 15 is 0 Å². The molecule has 82 valence electrons. The van der Waals surface area contributed by atoms with E-state index in [9.17, 15) is 4.79 Å². The number of rotatable bonds is 5. The summed E-state index contributed by atoms with van der Waals surface area (Å²) in [5.74, 6) is 0. The van der Waals surface area contributed by atoms with Crippen LogP contribution in [0.1, 0.15) is 0 Å². The van der Waals surface area contributed by atoms with Gasteiger partial charge >= 0.3 is 0 Å². The fourth-order valence-corrected chi connectivity index (χ4v) is 0.618. The van der Waals surface area contributed by atoms with Crippen molar-refractivity contribution in [3.05, 3.63) is 0 Å². The number of carbonyl (C=O) groups excluding carboxylic acids is 1. The molecule has 0 heterocycles. The van der Waals surface area contributed by atoms with Gasteiger partial charge in [-0.2, -0.15) is 0 Å². The number of hydrogen-bond donors (Lipinski definition) is 5. The number of hydrogen-bond acceptors (Lipinski definition) is 6. The van der Waals surface area contributed by atoms with Crippen molar-refractivity contribution in [3.63, 3.8) is 0 Å². The molecular weight excluding hydrogens is 363 g/mol. The van der Waals surface area contributed by atoms with Crippen LogP contribution in [0.4, 0.5) is 0 Å². The van der Waals surface area contributed by atoms with Gasteiger partial charge in [0, 0.05) is 21.1 Å².